The normalized spacial score (nSPS) is 11.3. The topological polar surface area (TPSA) is 80.1 Å². The zero-order chi connectivity index (χ0) is 22.0. The predicted molar refractivity (Wildman–Crippen MR) is 121 cm³/mol. The number of amides is 2. The summed E-state index contributed by atoms with van der Waals surface area (Å²) in [6.45, 7) is 12.9. The summed E-state index contributed by atoms with van der Waals surface area (Å²) >= 11 is 1.71. The van der Waals surface area contributed by atoms with Gasteiger partial charge < -0.3 is 10.2 Å². The van der Waals surface area contributed by atoms with Crippen LogP contribution in [0.1, 0.15) is 53.8 Å². The fourth-order valence-electron chi connectivity index (χ4n) is 3.52. The lowest BCUT2D eigenvalue weighted by atomic mass is 10.1. The summed E-state index contributed by atoms with van der Waals surface area (Å²) in [5.41, 5.74) is 2.99. The number of rotatable bonds is 7. The fourth-order valence-corrected chi connectivity index (χ4v) is 4.45. The van der Waals surface area contributed by atoms with Gasteiger partial charge in [0.05, 0.1) is 29.4 Å². The van der Waals surface area contributed by atoms with Crippen LogP contribution in [-0.4, -0.2) is 51.1 Å². The van der Waals surface area contributed by atoms with Crippen molar-refractivity contribution in [1.82, 2.24) is 25.0 Å². The molecular weight excluding hydrogens is 398 g/mol. The quantitative estimate of drug-likeness (QED) is 0.619. The second-order valence-electron chi connectivity index (χ2n) is 7.57. The van der Waals surface area contributed by atoms with E-state index in [0.29, 0.717) is 29.7 Å². The van der Waals surface area contributed by atoms with Gasteiger partial charge in [-0.05, 0) is 53.7 Å². The summed E-state index contributed by atoms with van der Waals surface area (Å²) in [6, 6.07) is 4.05. The van der Waals surface area contributed by atoms with Crippen molar-refractivity contribution in [3.05, 3.63) is 33.6 Å². The van der Waals surface area contributed by atoms with Gasteiger partial charge in [-0.15, -0.1) is 11.3 Å². The molecule has 0 radical (unpaired) electrons. The monoisotopic (exact) mass is 427 g/mol. The first-order valence-corrected chi connectivity index (χ1v) is 11.1. The van der Waals surface area contributed by atoms with E-state index in [9.17, 15) is 9.59 Å². The highest BCUT2D eigenvalue weighted by Crippen LogP contribution is 2.33. The third-order valence-corrected chi connectivity index (χ3v) is 5.95. The first-order valence-electron chi connectivity index (χ1n) is 10.3. The number of nitrogens with zero attached hydrogens (tertiary/aromatic N) is 4. The van der Waals surface area contributed by atoms with E-state index in [4.69, 9.17) is 4.98 Å². The molecule has 0 bridgehead atoms. The van der Waals surface area contributed by atoms with Gasteiger partial charge in [-0.3, -0.25) is 9.59 Å². The van der Waals surface area contributed by atoms with Crippen LogP contribution in [0.15, 0.2) is 18.3 Å². The first kappa shape index (κ1) is 22.0. The number of thiophene rings is 1. The maximum Gasteiger partial charge on any atom is 0.255 e. The zero-order valence-corrected chi connectivity index (χ0v) is 19.3. The average molecular weight is 428 g/mol. The number of hydrogen-bond acceptors (Lipinski definition) is 5. The van der Waals surface area contributed by atoms with E-state index in [1.54, 1.807) is 22.4 Å². The van der Waals surface area contributed by atoms with Gasteiger partial charge >= 0.3 is 0 Å². The maximum atomic E-state index is 13.5. The van der Waals surface area contributed by atoms with E-state index in [2.05, 4.69) is 30.3 Å². The molecule has 0 saturated heterocycles. The minimum atomic E-state index is -0.190. The van der Waals surface area contributed by atoms with E-state index in [-0.39, 0.29) is 24.4 Å². The molecule has 3 rings (SSSR count). The van der Waals surface area contributed by atoms with E-state index in [0.717, 1.165) is 16.1 Å². The summed E-state index contributed by atoms with van der Waals surface area (Å²) in [5, 5.41) is 7.95. The van der Waals surface area contributed by atoms with E-state index in [1.807, 2.05) is 38.4 Å². The van der Waals surface area contributed by atoms with Gasteiger partial charge in [0.25, 0.3) is 5.91 Å². The molecule has 0 unspecified atom stereocenters. The van der Waals surface area contributed by atoms with Gasteiger partial charge in [0, 0.05) is 34.4 Å². The van der Waals surface area contributed by atoms with Gasteiger partial charge in [0.15, 0.2) is 5.65 Å². The van der Waals surface area contributed by atoms with Crippen LogP contribution in [0.2, 0.25) is 0 Å². The molecule has 3 heterocycles. The highest BCUT2D eigenvalue weighted by atomic mass is 32.1. The SMILES string of the molecule is CCNC(=O)CN(CC)C(=O)c1cc(-c2cc(C)sc2C)nc2c1cnn2C(C)C. The van der Waals surface area contributed by atoms with Crippen LogP contribution < -0.4 is 5.32 Å². The molecule has 2 amide bonds. The number of carbonyl (C=O) groups excluding carboxylic acids is 2. The number of carbonyl (C=O) groups is 2. The van der Waals surface area contributed by atoms with Crippen LogP contribution in [0.4, 0.5) is 0 Å². The lowest BCUT2D eigenvalue weighted by Gasteiger charge is -2.21. The van der Waals surface area contributed by atoms with Crippen LogP contribution in [-0.2, 0) is 4.79 Å². The van der Waals surface area contributed by atoms with Crippen LogP contribution in [0.25, 0.3) is 22.3 Å². The van der Waals surface area contributed by atoms with Crippen molar-refractivity contribution in [3.8, 4) is 11.3 Å². The lowest BCUT2D eigenvalue weighted by Crippen LogP contribution is -2.40. The van der Waals surface area contributed by atoms with Crippen molar-refractivity contribution in [2.45, 2.75) is 47.6 Å². The molecule has 0 aliphatic heterocycles. The number of hydrogen-bond donors (Lipinski definition) is 1. The average Bonchev–Trinajstić information content (AvgIpc) is 3.27. The van der Waals surface area contributed by atoms with Crippen LogP contribution in [0, 0.1) is 13.8 Å². The largest absolute Gasteiger partial charge is 0.355 e. The smallest absolute Gasteiger partial charge is 0.255 e. The number of nitrogens with one attached hydrogen (secondary N) is 1. The number of aromatic nitrogens is 3. The van der Waals surface area contributed by atoms with Gasteiger partial charge in [0.2, 0.25) is 5.91 Å². The Bertz CT molecular complexity index is 1080. The van der Waals surface area contributed by atoms with Crippen molar-refractivity contribution < 1.29 is 9.59 Å². The van der Waals surface area contributed by atoms with Gasteiger partial charge in [-0.25, -0.2) is 9.67 Å². The third kappa shape index (κ3) is 4.23. The van der Waals surface area contributed by atoms with Gasteiger partial charge in [-0.2, -0.15) is 5.10 Å². The van der Waals surface area contributed by atoms with Crippen LogP contribution in [0.3, 0.4) is 0 Å². The Labute approximate surface area is 181 Å². The van der Waals surface area contributed by atoms with E-state index < -0.39 is 0 Å². The molecule has 160 valence electrons. The molecule has 7 nitrogen and oxygen atoms in total. The number of fused-ring (bicyclic) bond motifs is 1. The summed E-state index contributed by atoms with van der Waals surface area (Å²) in [4.78, 5) is 34.4. The Morgan fingerprint density at radius 2 is 1.97 bits per heavy atom. The number of likely N-dealkylation sites (N-methyl/N-ethyl adjacent to an activating group) is 2. The zero-order valence-electron chi connectivity index (χ0n) is 18.4. The first-order chi connectivity index (χ1) is 14.3. The van der Waals surface area contributed by atoms with E-state index in [1.165, 1.54) is 4.88 Å². The Morgan fingerprint density at radius 1 is 1.23 bits per heavy atom. The van der Waals surface area contributed by atoms with Crippen LogP contribution >= 0.6 is 11.3 Å². The lowest BCUT2D eigenvalue weighted by molar-refractivity contribution is -0.121. The molecule has 3 aromatic heterocycles. The predicted octanol–water partition coefficient (Wildman–Crippen LogP) is 3.96. The molecule has 0 aromatic carbocycles. The van der Waals surface area contributed by atoms with Crippen molar-refractivity contribution in [1.29, 1.82) is 0 Å². The molecule has 0 aliphatic carbocycles. The summed E-state index contributed by atoms with van der Waals surface area (Å²) in [5.74, 6) is -0.356. The number of aryl methyl sites for hydroxylation is 2. The molecule has 3 aromatic rings. The summed E-state index contributed by atoms with van der Waals surface area (Å²) in [6.07, 6.45) is 1.70. The molecule has 0 atom stereocenters. The van der Waals surface area contributed by atoms with Crippen molar-refractivity contribution in [3.63, 3.8) is 0 Å². The molecule has 8 heteroatoms. The van der Waals surface area contributed by atoms with Gasteiger partial charge in [-0.1, -0.05) is 0 Å². The van der Waals surface area contributed by atoms with Crippen molar-refractivity contribution in [2.75, 3.05) is 19.6 Å². The molecule has 0 saturated carbocycles. The Hall–Kier alpha value is -2.74. The maximum absolute atomic E-state index is 13.5. The molecule has 0 spiro atoms. The standard InChI is InChI=1S/C22H29N5O2S/c1-7-23-20(28)12-26(8-2)22(29)17-10-19(16-9-14(5)30-15(16)6)25-21-18(17)11-24-27(21)13(3)4/h9-11,13H,7-8,12H2,1-6H3,(H,23,28). The second kappa shape index (κ2) is 8.95. The van der Waals surface area contributed by atoms with Crippen LogP contribution in [0.5, 0.6) is 0 Å². The Balaban J connectivity index is 2.16. The Kier molecular flexibility index (Phi) is 6.55. The summed E-state index contributed by atoms with van der Waals surface area (Å²) in [7, 11) is 0. The molecule has 0 aliphatic rings. The minimum absolute atomic E-state index is 0.0250. The van der Waals surface area contributed by atoms with Gasteiger partial charge in [0.1, 0.15) is 0 Å². The van der Waals surface area contributed by atoms with Crippen molar-refractivity contribution >= 4 is 34.2 Å². The summed E-state index contributed by atoms with van der Waals surface area (Å²) < 4.78 is 1.84. The molecule has 1 N–H and O–H groups in total. The number of pyridine rings is 1. The fraction of sp³-hybridized carbons (Fsp3) is 0.455. The minimum Gasteiger partial charge on any atom is -0.355 e. The van der Waals surface area contributed by atoms with Crippen molar-refractivity contribution in [2.24, 2.45) is 0 Å². The second-order valence-corrected chi connectivity index (χ2v) is 9.04. The third-order valence-electron chi connectivity index (χ3n) is 4.98. The highest BCUT2D eigenvalue weighted by Gasteiger charge is 2.24. The molecule has 0 fully saturated rings. The Morgan fingerprint density at radius 3 is 2.53 bits per heavy atom. The van der Waals surface area contributed by atoms with E-state index >= 15 is 0 Å². The molecule has 30 heavy (non-hydrogen) atoms. The molecular formula is C22H29N5O2S. The highest BCUT2D eigenvalue weighted by molar-refractivity contribution is 7.12.